The summed E-state index contributed by atoms with van der Waals surface area (Å²) >= 11 is 0. The maximum atomic E-state index is 12.6. The van der Waals surface area contributed by atoms with Gasteiger partial charge in [0.15, 0.2) is 0 Å². The van der Waals surface area contributed by atoms with Gasteiger partial charge >= 0.3 is 0 Å². The second-order valence-electron chi connectivity index (χ2n) is 7.66. The number of nitro groups is 1. The third kappa shape index (κ3) is 5.20. The second-order valence-corrected chi connectivity index (χ2v) is 9.81. The summed E-state index contributed by atoms with van der Waals surface area (Å²) in [6.07, 6.45) is 1.22. The van der Waals surface area contributed by atoms with Crippen molar-refractivity contribution in [3.8, 4) is 0 Å². The van der Waals surface area contributed by atoms with Crippen LogP contribution in [0.1, 0.15) is 18.4 Å². The van der Waals surface area contributed by atoms with Crippen molar-refractivity contribution in [2.75, 3.05) is 32.1 Å². The van der Waals surface area contributed by atoms with E-state index in [0.29, 0.717) is 38.2 Å². The zero-order valence-electron chi connectivity index (χ0n) is 17.5. The molecular weight excluding hydrogens is 420 g/mol. The lowest BCUT2D eigenvalue weighted by atomic mass is 9.95. The standard InChI is InChI=1S/C21H26N4O5S/c1-23(2)31(29,30)18-9-7-16(8-10-18)15-22-21(26)17-11-13-24(14-12-17)19-5-3-4-6-20(19)25(27)28/h3-10,17H,11-15H2,1-2H3,(H,22,26). The Balaban J connectivity index is 1.54. The Morgan fingerprint density at radius 1 is 1.13 bits per heavy atom. The Labute approximate surface area is 181 Å². The Morgan fingerprint density at radius 3 is 2.32 bits per heavy atom. The minimum absolute atomic E-state index is 0.0628. The summed E-state index contributed by atoms with van der Waals surface area (Å²) in [6.45, 7) is 1.45. The fourth-order valence-electron chi connectivity index (χ4n) is 3.59. The zero-order chi connectivity index (χ0) is 22.6. The molecule has 2 aromatic rings. The van der Waals surface area contributed by atoms with E-state index in [2.05, 4.69) is 5.32 Å². The van der Waals surface area contributed by atoms with Crippen molar-refractivity contribution in [1.82, 2.24) is 9.62 Å². The monoisotopic (exact) mass is 446 g/mol. The van der Waals surface area contributed by atoms with E-state index in [1.807, 2.05) is 4.90 Å². The van der Waals surface area contributed by atoms with Crippen LogP contribution in [0.4, 0.5) is 11.4 Å². The quantitative estimate of drug-likeness (QED) is 0.516. The molecule has 0 atom stereocenters. The first-order chi connectivity index (χ1) is 14.7. The molecule has 2 aromatic carbocycles. The molecule has 166 valence electrons. The molecule has 1 heterocycles. The zero-order valence-corrected chi connectivity index (χ0v) is 18.3. The molecule has 1 saturated heterocycles. The summed E-state index contributed by atoms with van der Waals surface area (Å²) in [4.78, 5) is 25.6. The van der Waals surface area contributed by atoms with Gasteiger partial charge in [0.1, 0.15) is 5.69 Å². The first kappa shape index (κ1) is 22.7. The molecule has 0 aliphatic carbocycles. The molecule has 1 amide bonds. The molecule has 1 N–H and O–H groups in total. The van der Waals surface area contributed by atoms with Crippen LogP contribution in [-0.4, -0.2) is 50.7 Å². The van der Waals surface area contributed by atoms with Crippen molar-refractivity contribution in [3.63, 3.8) is 0 Å². The summed E-state index contributed by atoms with van der Waals surface area (Å²) in [7, 11) is -0.526. The molecule has 0 radical (unpaired) electrons. The first-order valence-corrected chi connectivity index (χ1v) is 11.4. The number of carbonyl (C=O) groups excluding carboxylic acids is 1. The summed E-state index contributed by atoms with van der Waals surface area (Å²) < 4.78 is 25.4. The van der Waals surface area contributed by atoms with Crippen LogP contribution < -0.4 is 10.2 Å². The topological polar surface area (TPSA) is 113 Å². The second kappa shape index (κ2) is 9.44. The summed E-state index contributed by atoms with van der Waals surface area (Å²) in [5.41, 5.74) is 1.47. The first-order valence-electron chi connectivity index (χ1n) is 9.97. The van der Waals surface area contributed by atoms with Crippen molar-refractivity contribution >= 4 is 27.3 Å². The van der Waals surface area contributed by atoms with Gasteiger partial charge in [0.25, 0.3) is 5.69 Å². The lowest BCUT2D eigenvalue weighted by Crippen LogP contribution is -2.40. The molecule has 1 fully saturated rings. The highest BCUT2D eigenvalue weighted by Crippen LogP contribution is 2.31. The van der Waals surface area contributed by atoms with Crippen LogP contribution in [0.3, 0.4) is 0 Å². The van der Waals surface area contributed by atoms with E-state index in [4.69, 9.17) is 0 Å². The molecule has 0 aromatic heterocycles. The number of sulfonamides is 1. The van der Waals surface area contributed by atoms with Gasteiger partial charge < -0.3 is 10.2 Å². The van der Waals surface area contributed by atoms with E-state index in [-0.39, 0.29) is 27.3 Å². The fraction of sp³-hybridized carbons (Fsp3) is 0.381. The van der Waals surface area contributed by atoms with E-state index in [0.717, 1.165) is 9.87 Å². The van der Waals surface area contributed by atoms with Gasteiger partial charge in [0.05, 0.1) is 9.82 Å². The van der Waals surface area contributed by atoms with Crippen LogP contribution in [0.25, 0.3) is 0 Å². The van der Waals surface area contributed by atoms with Gasteiger partial charge in [-0.25, -0.2) is 12.7 Å². The lowest BCUT2D eigenvalue weighted by Gasteiger charge is -2.32. The van der Waals surface area contributed by atoms with E-state index < -0.39 is 10.0 Å². The van der Waals surface area contributed by atoms with Crippen LogP contribution in [0.2, 0.25) is 0 Å². The minimum atomic E-state index is -3.48. The number of benzene rings is 2. The van der Waals surface area contributed by atoms with Crippen molar-refractivity contribution < 1.29 is 18.1 Å². The highest BCUT2D eigenvalue weighted by molar-refractivity contribution is 7.89. The third-order valence-electron chi connectivity index (χ3n) is 5.45. The molecule has 0 saturated carbocycles. The number of anilines is 1. The van der Waals surface area contributed by atoms with Crippen LogP contribution in [0.15, 0.2) is 53.4 Å². The third-order valence-corrected chi connectivity index (χ3v) is 7.28. The number of nitrogens with zero attached hydrogens (tertiary/aromatic N) is 3. The van der Waals surface area contributed by atoms with E-state index in [1.165, 1.54) is 32.3 Å². The van der Waals surface area contributed by atoms with Crippen molar-refractivity contribution in [2.45, 2.75) is 24.3 Å². The van der Waals surface area contributed by atoms with Crippen molar-refractivity contribution in [1.29, 1.82) is 0 Å². The molecule has 1 aliphatic heterocycles. The van der Waals surface area contributed by atoms with Crippen molar-refractivity contribution in [2.24, 2.45) is 5.92 Å². The molecule has 1 aliphatic rings. The highest BCUT2D eigenvalue weighted by atomic mass is 32.2. The Morgan fingerprint density at radius 2 is 1.74 bits per heavy atom. The highest BCUT2D eigenvalue weighted by Gasteiger charge is 2.28. The average molecular weight is 447 g/mol. The summed E-state index contributed by atoms with van der Waals surface area (Å²) in [6, 6.07) is 13.1. The van der Waals surface area contributed by atoms with Crippen molar-refractivity contribution in [3.05, 3.63) is 64.2 Å². The predicted molar refractivity (Wildman–Crippen MR) is 117 cm³/mol. The smallest absolute Gasteiger partial charge is 0.292 e. The molecule has 0 spiro atoms. The molecule has 31 heavy (non-hydrogen) atoms. The van der Waals surface area contributed by atoms with Gasteiger partial charge in [0, 0.05) is 45.7 Å². The SMILES string of the molecule is CN(C)S(=O)(=O)c1ccc(CNC(=O)C2CCN(c3ccccc3[N+](=O)[O-])CC2)cc1. The van der Waals surface area contributed by atoms with Gasteiger partial charge in [-0.15, -0.1) is 0 Å². The maximum absolute atomic E-state index is 12.6. The van der Waals surface area contributed by atoms with Crippen LogP contribution in [0, 0.1) is 16.0 Å². The molecule has 9 nitrogen and oxygen atoms in total. The maximum Gasteiger partial charge on any atom is 0.292 e. The van der Waals surface area contributed by atoms with Crippen LogP contribution in [-0.2, 0) is 21.4 Å². The number of nitro benzene ring substituents is 1. The predicted octanol–water partition coefficient (Wildman–Crippen LogP) is 2.38. The Bertz CT molecular complexity index is 1050. The minimum Gasteiger partial charge on any atom is -0.366 e. The molecule has 0 bridgehead atoms. The van der Waals surface area contributed by atoms with Gasteiger partial charge in [-0.2, -0.15) is 0 Å². The number of para-hydroxylation sites is 2. The summed E-state index contributed by atoms with van der Waals surface area (Å²) in [5, 5.41) is 14.2. The largest absolute Gasteiger partial charge is 0.366 e. The number of rotatable bonds is 7. The van der Waals surface area contributed by atoms with Crippen LogP contribution >= 0.6 is 0 Å². The number of piperidine rings is 1. The van der Waals surface area contributed by atoms with Gasteiger partial charge in [-0.05, 0) is 36.6 Å². The molecule has 3 rings (SSSR count). The van der Waals surface area contributed by atoms with E-state index >= 15 is 0 Å². The molecule has 10 heteroatoms. The van der Waals surface area contributed by atoms with Gasteiger partial charge in [0.2, 0.25) is 15.9 Å². The number of amides is 1. The molecule has 0 unspecified atom stereocenters. The normalized spacial score (nSPS) is 15.1. The number of hydrogen-bond donors (Lipinski definition) is 1. The fourth-order valence-corrected chi connectivity index (χ4v) is 4.49. The van der Waals surface area contributed by atoms with Gasteiger partial charge in [-0.3, -0.25) is 14.9 Å². The number of carbonyl (C=O) groups is 1. The number of hydrogen-bond acceptors (Lipinski definition) is 6. The Kier molecular flexibility index (Phi) is 6.91. The summed E-state index contributed by atoms with van der Waals surface area (Å²) in [5.74, 6) is -0.223. The van der Waals surface area contributed by atoms with E-state index in [9.17, 15) is 23.3 Å². The van der Waals surface area contributed by atoms with E-state index in [1.54, 1.807) is 30.3 Å². The van der Waals surface area contributed by atoms with Gasteiger partial charge in [-0.1, -0.05) is 24.3 Å². The number of nitrogens with one attached hydrogen (secondary N) is 1. The van der Waals surface area contributed by atoms with Crippen LogP contribution in [0.5, 0.6) is 0 Å². The molecular formula is C21H26N4O5S. The average Bonchev–Trinajstić information content (AvgIpc) is 2.77. The Hall–Kier alpha value is -2.98. The lowest BCUT2D eigenvalue weighted by molar-refractivity contribution is -0.384.